The standard InChI is InChI=1S/C23H26N4O3S/c1-16(2)17-6-7-21-19(13-17)20(14-22(25-21)18-5-4-8-24-15-18)23(28)26-9-11-27(12-10-26)31(3,29)30/h4-8,13-16H,9-12H2,1-3H3. The van der Waals surface area contributed by atoms with Gasteiger partial charge in [-0.1, -0.05) is 19.9 Å². The van der Waals surface area contributed by atoms with Crippen molar-refractivity contribution < 1.29 is 13.2 Å². The van der Waals surface area contributed by atoms with Crippen molar-refractivity contribution in [3.63, 3.8) is 0 Å². The summed E-state index contributed by atoms with van der Waals surface area (Å²) in [6, 6.07) is 11.6. The third-order valence-electron chi connectivity index (χ3n) is 5.68. The number of carbonyl (C=O) groups is 1. The molecule has 1 aliphatic heterocycles. The van der Waals surface area contributed by atoms with E-state index in [-0.39, 0.29) is 5.91 Å². The van der Waals surface area contributed by atoms with Gasteiger partial charge in [-0.05, 0) is 41.8 Å². The number of carbonyl (C=O) groups excluding carboxylic acids is 1. The van der Waals surface area contributed by atoms with Crippen molar-refractivity contribution in [1.82, 2.24) is 19.2 Å². The van der Waals surface area contributed by atoms with Crippen LogP contribution in [-0.4, -0.2) is 65.9 Å². The van der Waals surface area contributed by atoms with E-state index in [0.29, 0.717) is 43.4 Å². The maximum atomic E-state index is 13.5. The Morgan fingerprint density at radius 1 is 1.06 bits per heavy atom. The van der Waals surface area contributed by atoms with Crippen LogP contribution in [0.15, 0.2) is 48.8 Å². The highest BCUT2D eigenvalue weighted by Gasteiger charge is 2.28. The van der Waals surface area contributed by atoms with Gasteiger partial charge >= 0.3 is 0 Å². The van der Waals surface area contributed by atoms with Crippen LogP contribution in [0, 0.1) is 0 Å². The van der Waals surface area contributed by atoms with Crippen LogP contribution in [-0.2, 0) is 10.0 Å². The summed E-state index contributed by atoms with van der Waals surface area (Å²) in [6.45, 7) is 5.57. The largest absolute Gasteiger partial charge is 0.336 e. The number of fused-ring (bicyclic) bond motifs is 1. The topological polar surface area (TPSA) is 83.5 Å². The van der Waals surface area contributed by atoms with Gasteiger partial charge < -0.3 is 4.90 Å². The van der Waals surface area contributed by atoms with E-state index in [2.05, 4.69) is 18.8 Å². The van der Waals surface area contributed by atoms with Gasteiger partial charge in [-0.2, -0.15) is 4.31 Å². The molecule has 1 saturated heterocycles. The van der Waals surface area contributed by atoms with Gasteiger partial charge in [-0.15, -0.1) is 0 Å². The van der Waals surface area contributed by atoms with Gasteiger partial charge in [0.05, 0.1) is 23.0 Å². The first-order chi connectivity index (χ1) is 14.7. The van der Waals surface area contributed by atoms with Crippen molar-refractivity contribution in [2.24, 2.45) is 0 Å². The molecule has 0 atom stereocenters. The maximum absolute atomic E-state index is 13.5. The molecular formula is C23H26N4O3S. The molecule has 4 rings (SSSR count). The number of hydrogen-bond donors (Lipinski definition) is 0. The molecule has 0 aliphatic carbocycles. The van der Waals surface area contributed by atoms with E-state index in [1.807, 2.05) is 36.4 Å². The predicted octanol–water partition coefficient (Wildman–Crippen LogP) is 3.14. The zero-order chi connectivity index (χ0) is 22.2. The summed E-state index contributed by atoms with van der Waals surface area (Å²) in [4.78, 5) is 24.2. The van der Waals surface area contributed by atoms with Crippen LogP contribution < -0.4 is 0 Å². The molecule has 1 amide bonds. The molecule has 3 aromatic rings. The third kappa shape index (κ3) is 4.45. The average molecular weight is 439 g/mol. The minimum absolute atomic E-state index is 0.105. The van der Waals surface area contributed by atoms with E-state index in [9.17, 15) is 13.2 Å². The Bertz CT molecular complexity index is 1220. The number of sulfonamides is 1. The lowest BCUT2D eigenvalue weighted by molar-refractivity contribution is 0.0700. The Hall–Kier alpha value is -2.84. The lowest BCUT2D eigenvalue weighted by Crippen LogP contribution is -2.50. The first-order valence-corrected chi connectivity index (χ1v) is 12.2. The van der Waals surface area contributed by atoms with Crippen LogP contribution in [0.25, 0.3) is 22.2 Å². The molecule has 8 heteroatoms. The second-order valence-electron chi connectivity index (χ2n) is 8.18. The molecule has 162 valence electrons. The van der Waals surface area contributed by atoms with E-state index >= 15 is 0 Å². The summed E-state index contributed by atoms with van der Waals surface area (Å²) in [7, 11) is -3.25. The summed E-state index contributed by atoms with van der Waals surface area (Å²) in [6.07, 6.45) is 4.64. The summed E-state index contributed by atoms with van der Waals surface area (Å²) >= 11 is 0. The molecule has 0 radical (unpaired) electrons. The van der Waals surface area contributed by atoms with Gasteiger partial charge in [0, 0.05) is 49.5 Å². The number of nitrogens with zero attached hydrogens (tertiary/aromatic N) is 4. The SMILES string of the molecule is CC(C)c1ccc2nc(-c3cccnc3)cc(C(=O)N3CCN(S(C)(=O)=O)CC3)c2c1. The third-order valence-corrected chi connectivity index (χ3v) is 6.99. The Kier molecular flexibility index (Phi) is 5.77. The minimum Gasteiger partial charge on any atom is -0.336 e. The maximum Gasteiger partial charge on any atom is 0.254 e. The highest BCUT2D eigenvalue weighted by Crippen LogP contribution is 2.28. The van der Waals surface area contributed by atoms with E-state index < -0.39 is 10.0 Å². The van der Waals surface area contributed by atoms with Crippen molar-refractivity contribution in [3.8, 4) is 11.3 Å². The summed E-state index contributed by atoms with van der Waals surface area (Å²) in [5.41, 5.74) is 4.01. The molecule has 0 spiro atoms. The molecule has 3 heterocycles. The molecule has 31 heavy (non-hydrogen) atoms. The number of piperazine rings is 1. The number of pyridine rings is 2. The van der Waals surface area contributed by atoms with Crippen molar-refractivity contribution >= 4 is 26.8 Å². The first-order valence-electron chi connectivity index (χ1n) is 10.3. The normalized spacial score (nSPS) is 15.5. The van der Waals surface area contributed by atoms with E-state index in [0.717, 1.165) is 22.0 Å². The minimum atomic E-state index is -3.25. The molecule has 0 saturated carbocycles. The molecule has 1 aliphatic rings. The van der Waals surface area contributed by atoms with Gasteiger partial charge in [0.25, 0.3) is 5.91 Å². The van der Waals surface area contributed by atoms with E-state index in [4.69, 9.17) is 4.98 Å². The quantitative estimate of drug-likeness (QED) is 0.625. The molecule has 1 fully saturated rings. The molecule has 1 aromatic carbocycles. The van der Waals surface area contributed by atoms with Crippen LogP contribution >= 0.6 is 0 Å². The van der Waals surface area contributed by atoms with Crippen LogP contribution in [0.3, 0.4) is 0 Å². The Morgan fingerprint density at radius 2 is 1.81 bits per heavy atom. The molecule has 0 unspecified atom stereocenters. The van der Waals surface area contributed by atoms with Crippen molar-refractivity contribution in [2.75, 3.05) is 32.4 Å². The fraction of sp³-hybridized carbons (Fsp3) is 0.348. The second-order valence-corrected chi connectivity index (χ2v) is 10.2. The van der Waals surface area contributed by atoms with Crippen molar-refractivity contribution in [2.45, 2.75) is 19.8 Å². The van der Waals surface area contributed by atoms with Gasteiger partial charge in [-0.3, -0.25) is 9.78 Å². The van der Waals surface area contributed by atoms with Gasteiger partial charge in [-0.25, -0.2) is 13.4 Å². The average Bonchev–Trinajstić information content (AvgIpc) is 2.77. The number of aromatic nitrogens is 2. The lowest BCUT2D eigenvalue weighted by Gasteiger charge is -2.33. The molecular weight excluding hydrogens is 412 g/mol. The zero-order valence-corrected chi connectivity index (χ0v) is 18.8. The monoisotopic (exact) mass is 438 g/mol. The number of amides is 1. The summed E-state index contributed by atoms with van der Waals surface area (Å²) < 4.78 is 25.1. The number of hydrogen-bond acceptors (Lipinski definition) is 5. The van der Waals surface area contributed by atoms with Crippen LogP contribution in [0.4, 0.5) is 0 Å². The Morgan fingerprint density at radius 3 is 2.42 bits per heavy atom. The highest BCUT2D eigenvalue weighted by atomic mass is 32.2. The van der Waals surface area contributed by atoms with E-state index in [1.165, 1.54) is 10.6 Å². The summed E-state index contributed by atoms with van der Waals surface area (Å²) in [5, 5.41) is 0.814. The molecule has 0 bridgehead atoms. The van der Waals surface area contributed by atoms with Gasteiger partial charge in [0.15, 0.2) is 0 Å². The fourth-order valence-corrected chi connectivity index (χ4v) is 4.66. The lowest BCUT2D eigenvalue weighted by atomic mass is 9.97. The Labute approximate surface area is 182 Å². The summed E-state index contributed by atoms with van der Waals surface area (Å²) in [5.74, 6) is 0.218. The zero-order valence-electron chi connectivity index (χ0n) is 17.9. The van der Waals surface area contributed by atoms with Crippen LogP contribution in [0.2, 0.25) is 0 Å². The Balaban J connectivity index is 1.77. The fourth-order valence-electron chi connectivity index (χ4n) is 3.83. The van der Waals surface area contributed by atoms with E-state index in [1.54, 1.807) is 17.3 Å². The molecule has 0 N–H and O–H groups in total. The molecule has 2 aromatic heterocycles. The van der Waals surface area contributed by atoms with Crippen LogP contribution in [0.5, 0.6) is 0 Å². The van der Waals surface area contributed by atoms with Gasteiger partial charge in [0.1, 0.15) is 0 Å². The van der Waals surface area contributed by atoms with Crippen LogP contribution in [0.1, 0.15) is 35.7 Å². The van der Waals surface area contributed by atoms with Crippen molar-refractivity contribution in [3.05, 3.63) is 59.9 Å². The van der Waals surface area contributed by atoms with Gasteiger partial charge in [0.2, 0.25) is 10.0 Å². The predicted molar refractivity (Wildman–Crippen MR) is 121 cm³/mol. The number of benzene rings is 1. The number of rotatable bonds is 4. The highest BCUT2D eigenvalue weighted by molar-refractivity contribution is 7.88. The second kappa shape index (κ2) is 8.36. The first kappa shape index (κ1) is 21.4. The smallest absolute Gasteiger partial charge is 0.254 e. The molecule has 7 nitrogen and oxygen atoms in total. The van der Waals surface area contributed by atoms with Crippen molar-refractivity contribution in [1.29, 1.82) is 0 Å².